The molecule has 2 aromatic rings. The van der Waals surface area contributed by atoms with E-state index in [4.69, 9.17) is 10.3 Å². The van der Waals surface area contributed by atoms with E-state index in [1.807, 2.05) is 25.1 Å². The van der Waals surface area contributed by atoms with E-state index in [1.54, 1.807) is 0 Å². The zero-order valence-electron chi connectivity index (χ0n) is 10.1. The predicted molar refractivity (Wildman–Crippen MR) is 71.2 cm³/mol. The third-order valence-corrected chi connectivity index (χ3v) is 4.09. The topological polar surface area (TPSA) is 64.9 Å². The van der Waals surface area contributed by atoms with Gasteiger partial charge in [-0.2, -0.15) is 4.98 Å². The molecule has 5 heteroatoms. The Kier molecular flexibility index (Phi) is 2.95. The molecule has 94 valence electrons. The van der Waals surface area contributed by atoms with Crippen LogP contribution in [-0.4, -0.2) is 10.1 Å². The van der Waals surface area contributed by atoms with Crippen LogP contribution >= 0.6 is 15.9 Å². The largest absolute Gasteiger partial charge is 0.339 e. The van der Waals surface area contributed by atoms with Crippen molar-refractivity contribution in [2.24, 2.45) is 5.73 Å². The number of benzene rings is 1. The maximum absolute atomic E-state index is 6.17. The number of aromatic nitrogens is 2. The van der Waals surface area contributed by atoms with Crippen LogP contribution in [0.4, 0.5) is 0 Å². The number of hydrogen-bond acceptors (Lipinski definition) is 4. The Morgan fingerprint density at radius 2 is 2.22 bits per heavy atom. The molecule has 4 nitrogen and oxygen atoms in total. The molecule has 0 spiro atoms. The minimum atomic E-state index is -0.326. The Hall–Kier alpha value is -1.20. The van der Waals surface area contributed by atoms with Crippen molar-refractivity contribution < 1.29 is 4.52 Å². The van der Waals surface area contributed by atoms with E-state index in [0.717, 1.165) is 34.3 Å². The lowest BCUT2D eigenvalue weighted by molar-refractivity contribution is 0.372. The number of nitrogens with zero attached hydrogens (tertiary/aromatic N) is 2. The van der Waals surface area contributed by atoms with Crippen molar-refractivity contribution in [2.75, 3.05) is 0 Å². The van der Waals surface area contributed by atoms with Gasteiger partial charge < -0.3 is 10.3 Å². The molecule has 1 aliphatic carbocycles. The molecule has 3 rings (SSSR count). The summed E-state index contributed by atoms with van der Waals surface area (Å²) in [5, 5.41) is 3.98. The van der Waals surface area contributed by atoms with Crippen molar-refractivity contribution in [1.82, 2.24) is 10.1 Å². The van der Waals surface area contributed by atoms with E-state index >= 15 is 0 Å². The van der Waals surface area contributed by atoms with Gasteiger partial charge in [-0.25, -0.2) is 0 Å². The van der Waals surface area contributed by atoms with E-state index in [2.05, 4.69) is 26.1 Å². The Morgan fingerprint density at radius 3 is 2.89 bits per heavy atom. The number of halogens is 1. The van der Waals surface area contributed by atoms with Gasteiger partial charge in [-0.3, -0.25) is 0 Å². The molecule has 0 radical (unpaired) electrons. The average Bonchev–Trinajstić information content (AvgIpc) is 3.10. The SMILES string of the molecule is Cc1cc(C(N)c2noc(C3CC3)n2)ccc1Br. The lowest BCUT2D eigenvalue weighted by Crippen LogP contribution is -2.13. The zero-order valence-corrected chi connectivity index (χ0v) is 11.6. The monoisotopic (exact) mass is 307 g/mol. The first-order valence-corrected chi connectivity index (χ1v) is 6.79. The fraction of sp³-hybridized carbons (Fsp3) is 0.385. The van der Waals surface area contributed by atoms with Crippen molar-refractivity contribution in [3.05, 3.63) is 45.5 Å². The van der Waals surface area contributed by atoms with Crippen LogP contribution < -0.4 is 5.73 Å². The second-order valence-electron chi connectivity index (χ2n) is 4.75. The van der Waals surface area contributed by atoms with Gasteiger partial charge in [0.15, 0.2) is 5.82 Å². The highest BCUT2D eigenvalue weighted by Gasteiger charge is 2.30. The van der Waals surface area contributed by atoms with E-state index < -0.39 is 0 Å². The third kappa shape index (κ3) is 2.20. The standard InChI is InChI=1S/C13H14BrN3O/c1-7-6-9(4-5-10(7)14)11(15)12-16-13(18-17-12)8-2-3-8/h4-6,8,11H,2-3,15H2,1H3. The molecule has 0 saturated heterocycles. The fourth-order valence-corrected chi connectivity index (χ4v) is 2.13. The molecule has 1 aromatic carbocycles. The molecule has 1 heterocycles. The van der Waals surface area contributed by atoms with Gasteiger partial charge in [0.1, 0.15) is 0 Å². The minimum Gasteiger partial charge on any atom is -0.339 e. The van der Waals surface area contributed by atoms with Gasteiger partial charge in [0.05, 0.1) is 6.04 Å². The Balaban J connectivity index is 1.87. The third-order valence-electron chi connectivity index (χ3n) is 3.20. The summed E-state index contributed by atoms with van der Waals surface area (Å²) >= 11 is 3.48. The van der Waals surface area contributed by atoms with Gasteiger partial charge in [-0.1, -0.05) is 33.2 Å². The summed E-state index contributed by atoms with van der Waals surface area (Å²) < 4.78 is 6.31. The highest BCUT2D eigenvalue weighted by Crippen LogP contribution is 2.39. The zero-order chi connectivity index (χ0) is 12.7. The van der Waals surface area contributed by atoms with Crippen LogP contribution in [0.2, 0.25) is 0 Å². The maximum atomic E-state index is 6.17. The summed E-state index contributed by atoms with van der Waals surface area (Å²) in [7, 11) is 0. The van der Waals surface area contributed by atoms with Crippen LogP contribution in [0.15, 0.2) is 27.2 Å². The van der Waals surface area contributed by atoms with Gasteiger partial charge in [0.25, 0.3) is 0 Å². The normalized spacial score (nSPS) is 16.8. The number of rotatable bonds is 3. The fourth-order valence-electron chi connectivity index (χ4n) is 1.88. The van der Waals surface area contributed by atoms with Crippen molar-refractivity contribution in [2.45, 2.75) is 31.7 Å². The van der Waals surface area contributed by atoms with Crippen LogP contribution in [-0.2, 0) is 0 Å². The van der Waals surface area contributed by atoms with E-state index in [1.165, 1.54) is 0 Å². The Labute approximate surface area is 114 Å². The van der Waals surface area contributed by atoms with Crippen LogP contribution in [0.5, 0.6) is 0 Å². The lowest BCUT2D eigenvalue weighted by atomic mass is 10.0. The average molecular weight is 308 g/mol. The first-order chi connectivity index (χ1) is 8.65. The van der Waals surface area contributed by atoms with E-state index in [-0.39, 0.29) is 6.04 Å². The summed E-state index contributed by atoms with van der Waals surface area (Å²) in [5.41, 5.74) is 8.31. The molecule has 0 amide bonds. The summed E-state index contributed by atoms with van der Waals surface area (Å²) in [4.78, 5) is 4.39. The predicted octanol–water partition coefficient (Wildman–Crippen LogP) is 3.07. The minimum absolute atomic E-state index is 0.326. The number of hydrogen-bond donors (Lipinski definition) is 1. The molecular formula is C13H14BrN3O. The van der Waals surface area contributed by atoms with E-state index in [9.17, 15) is 0 Å². The second-order valence-corrected chi connectivity index (χ2v) is 5.61. The molecule has 1 fully saturated rings. The van der Waals surface area contributed by atoms with E-state index in [0.29, 0.717) is 11.7 Å². The lowest BCUT2D eigenvalue weighted by Gasteiger charge is -2.09. The van der Waals surface area contributed by atoms with Crippen LogP contribution in [0.1, 0.15) is 47.6 Å². The second kappa shape index (κ2) is 4.48. The van der Waals surface area contributed by atoms with Gasteiger partial charge in [-0.15, -0.1) is 0 Å². The van der Waals surface area contributed by atoms with Crippen LogP contribution in [0, 0.1) is 6.92 Å². The summed E-state index contributed by atoms with van der Waals surface area (Å²) in [6.07, 6.45) is 2.29. The molecule has 0 bridgehead atoms. The molecule has 1 unspecified atom stereocenters. The molecule has 1 aromatic heterocycles. The molecule has 1 saturated carbocycles. The van der Waals surface area contributed by atoms with Gasteiger partial charge in [0, 0.05) is 10.4 Å². The summed E-state index contributed by atoms with van der Waals surface area (Å²) in [5.74, 6) is 1.76. The first-order valence-electron chi connectivity index (χ1n) is 6.00. The van der Waals surface area contributed by atoms with Crippen LogP contribution in [0.3, 0.4) is 0 Å². The quantitative estimate of drug-likeness (QED) is 0.946. The summed E-state index contributed by atoms with van der Waals surface area (Å²) in [6.45, 7) is 2.03. The highest BCUT2D eigenvalue weighted by molar-refractivity contribution is 9.10. The van der Waals surface area contributed by atoms with Gasteiger partial charge in [0.2, 0.25) is 5.89 Å². The molecule has 18 heavy (non-hydrogen) atoms. The molecule has 2 N–H and O–H groups in total. The molecule has 1 aliphatic rings. The maximum Gasteiger partial charge on any atom is 0.229 e. The smallest absolute Gasteiger partial charge is 0.229 e. The van der Waals surface area contributed by atoms with Crippen molar-refractivity contribution in [1.29, 1.82) is 0 Å². The number of aryl methyl sites for hydroxylation is 1. The highest BCUT2D eigenvalue weighted by atomic mass is 79.9. The molecule has 1 atom stereocenters. The van der Waals surface area contributed by atoms with Gasteiger partial charge >= 0.3 is 0 Å². The van der Waals surface area contributed by atoms with Crippen molar-refractivity contribution in [3.63, 3.8) is 0 Å². The molecular weight excluding hydrogens is 294 g/mol. The Morgan fingerprint density at radius 1 is 1.44 bits per heavy atom. The summed E-state index contributed by atoms with van der Waals surface area (Å²) in [6, 6.07) is 5.69. The Bertz CT molecular complexity index is 577. The molecule has 0 aliphatic heterocycles. The van der Waals surface area contributed by atoms with Crippen molar-refractivity contribution in [3.8, 4) is 0 Å². The van der Waals surface area contributed by atoms with Gasteiger partial charge in [-0.05, 0) is 37.0 Å². The van der Waals surface area contributed by atoms with Crippen LogP contribution in [0.25, 0.3) is 0 Å². The number of nitrogens with two attached hydrogens (primary N) is 1. The van der Waals surface area contributed by atoms with Crippen molar-refractivity contribution >= 4 is 15.9 Å². The first kappa shape index (κ1) is 11.9.